The van der Waals surface area contributed by atoms with Crippen LogP contribution in [-0.2, 0) is 13.0 Å². The van der Waals surface area contributed by atoms with E-state index in [4.69, 9.17) is 16.3 Å². The number of rotatable bonds is 1. The number of para-hydroxylation sites is 1. The van der Waals surface area contributed by atoms with Gasteiger partial charge in [0.2, 0.25) is 5.43 Å². The molecule has 0 bridgehead atoms. The molecule has 28 heavy (non-hydrogen) atoms. The molecule has 0 saturated carbocycles. The van der Waals surface area contributed by atoms with Crippen LogP contribution in [0.3, 0.4) is 0 Å². The van der Waals surface area contributed by atoms with Crippen molar-refractivity contribution in [3.8, 4) is 5.75 Å². The summed E-state index contributed by atoms with van der Waals surface area (Å²) >= 11 is 6.37. The summed E-state index contributed by atoms with van der Waals surface area (Å²) in [6.07, 6.45) is 3.42. The molecule has 0 fully saturated rings. The SMILES string of the molecule is CC1Cn2cc(C(=O)N3CCCc4ccccc43)c(=O)c3c(Cl)ccc(c32)O1. The zero-order valence-corrected chi connectivity index (χ0v) is 16.2. The van der Waals surface area contributed by atoms with Crippen LogP contribution < -0.4 is 15.1 Å². The van der Waals surface area contributed by atoms with Crippen molar-refractivity contribution in [1.82, 2.24) is 4.57 Å². The van der Waals surface area contributed by atoms with E-state index in [-0.39, 0.29) is 23.0 Å². The number of carbonyl (C=O) groups is 1. The second-order valence-corrected chi connectivity index (χ2v) is 7.82. The smallest absolute Gasteiger partial charge is 0.263 e. The van der Waals surface area contributed by atoms with Crippen LogP contribution in [0.2, 0.25) is 5.02 Å². The first kappa shape index (κ1) is 17.3. The maximum atomic E-state index is 13.4. The fourth-order valence-corrected chi connectivity index (χ4v) is 4.51. The van der Waals surface area contributed by atoms with E-state index < -0.39 is 0 Å². The molecule has 1 unspecified atom stereocenters. The minimum absolute atomic E-state index is 0.0574. The van der Waals surface area contributed by atoms with Crippen LogP contribution in [0.25, 0.3) is 10.9 Å². The highest BCUT2D eigenvalue weighted by molar-refractivity contribution is 6.35. The number of anilines is 1. The summed E-state index contributed by atoms with van der Waals surface area (Å²) in [6.45, 7) is 3.12. The molecule has 142 valence electrons. The lowest BCUT2D eigenvalue weighted by molar-refractivity contribution is 0.0982. The average Bonchev–Trinajstić information content (AvgIpc) is 2.70. The summed E-state index contributed by atoms with van der Waals surface area (Å²) in [5.41, 5.74) is 2.48. The van der Waals surface area contributed by atoms with Crippen molar-refractivity contribution in [2.45, 2.75) is 32.4 Å². The number of halogens is 1. The maximum absolute atomic E-state index is 13.4. The van der Waals surface area contributed by atoms with Gasteiger partial charge in [0.1, 0.15) is 17.4 Å². The van der Waals surface area contributed by atoms with Gasteiger partial charge in [0.05, 0.1) is 22.5 Å². The van der Waals surface area contributed by atoms with Gasteiger partial charge in [0.25, 0.3) is 5.91 Å². The van der Waals surface area contributed by atoms with Gasteiger partial charge in [-0.15, -0.1) is 0 Å². The van der Waals surface area contributed by atoms with E-state index in [9.17, 15) is 9.59 Å². The minimum atomic E-state index is -0.343. The van der Waals surface area contributed by atoms with E-state index in [0.717, 1.165) is 24.1 Å². The van der Waals surface area contributed by atoms with Crippen LogP contribution in [0.15, 0.2) is 47.4 Å². The quantitative estimate of drug-likeness (QED) is 0.626. The van der Waals surface area contributed by atoms with Crippen LogP contribution in [0.5, 0.6) is 5.75 Å². The second-order valence-electron chi connectivity index (χ2n) is 7.41. The number of ether oxygens (including phenoxy) is 1. The number of fused-ring (bicyclic) bond motifs is 1. The average molecular weight is 395 g/mol. The second kappa shape index (κ2) is 6.38. The van der Waals surface area contributed by atoms with E-state index in [1.54, 1.807) is 23.2 Å². The Hall–Kier alpha value is -2.79. The van der Waals surface area contributed by atoms with Crippen molar-refractivity contribution in [2.75, 3.05) is 11.4 Å². The fraction of sp³-hybridized carbons (Fsp3) is 0.273. The van der Waals surface area contributed by atoms with Gasteiger partial charge in [-0.05, 0) is 43.5 Å². The van der Waals surface area contributed by atoms with E-state index >= 15 is 0 Å². The Kier molecular flexibility index (Phi) is 3.95. The number of carbonyl (C=O) groups excluding carboxylic acids is 1. The van der Waals surface area contributed by atoms with Gasteiger partial charge in [0.15, 0.2) is 0 Å². The molecule has 2 aliphatic rings. The molecule has 0 spiro atoms. The molecule has 0 saturated heterocycles. The summed E-state index contributed by atoms with van der Waals surface area (Å²) in [5, 5.41) is 0.687. The van der Waals surface area contributed by atoms with Crippen LogP contribution in [0, 0.1) is 0 Å². The molecule has 6 heteroatoms. The molecule has 3 aromatic rings. The van der Waals surface area contributed by atoms with Crippen molar-refractivity contribution in [3.05, 3.63) is 69.0 Å². The molecule has 1 aromatic heterocycles. The highest BCUT2D eigenvalue weighted by Gasteiger charge is 2.29. The van der Waals surface area contributed by atoms with Crippen molar-refractivity contribution < 1.29 is 9.53 Å². The molecule has 0 radical (unpaired) electrons. The first-order valence-electron chi connectivity index (χ1n) is 9.46. The van der Waals surface area contributed by atoms with Crippen LogP contribution >= 0.6 is 11.6 Å². The minimum Gasteiger partial charge on any atom is -0.487 e. The molecule has 2 aromatic carbocycles. The lowest BCUT2D eigenvalue weighted by Gasteiger charge is -2.30. The van der Waals surface area contributed by atoms with Gasteiger partial charge in [0, 0.05) is 18.4 Å². The number of hydrogen-bond acceptors (Lipinski definition) is 3. The molecule has 1 amide bonds. The van der Waals surface area contributed by atoms with Crippen molar-refractivity contribution in [1.29, 1.82) is 0 Å². The Morgan fingerprint density at radius 1 is 1.21 bits per heavy atom. The Morgan fingerprint density at radius 2 is 2.04 bits per heavy atom. The number of pyridine rings is 1. The Labute approximate surface area is 167 Å². The topological polar surface area (TPSA) is 51.5 Å². The number of benzene rings is 2. The molecule has 2 aliphatic heterocycles. The van der Waals surface area contributed by atoms with E-state index in [1.807, 2.05) is 35.8 Å². The summed E-state index contributed by atoms with van der Waals surface area (Å²) in [7, 11) is 0. The third-order valence-electron chi connectivity index (χ3n) is 5.50. The molecular formula is C22H19ClN2O3. The van der Waals surface area contributed by atoms with Crippen molar-refractivity contribution >= 4 is 34.1 Å². The van der Waals surface area contributed by atoms with Crippen LogP contribution in [0.4, 0.5) is 5.69 Å². The normalized spacial score (nSPS) is 17.9. The Balaban J connectivity index is 1.71. The van der Waals surface area contributed by atoms with Gasteiger partial charge in [-0.2, -0.15) is 0 Å². The summed E-state index contributed by atoms with van der Waals surface area (Å²) in [4.78, 5) is 28.4. The van der Waals surface area contributed by atoms with Crippen molar-refractivity contribution in [3.63, 3.8) is 0 Å². The maximum Gasteiger partial charge on any atom is 0.263 e. The van der Waals surface area contributed by atoms with Gasteiger partial charge >= 0.3 is 0 Å². The van der Waals surface area contributed by atoms with Gasteiger partial charge in [-0.25, -0.2) is 0 Å². The van der Waals surface area contributed by atoms with E-state index in [0.29, 0.717) is 34.8 Å². The zero-order chi connectivity index (χ0) is 19.4. The molecule has 1 atom stereocenters. The predicted octanol–water partition coefficient (Wildman–Crippen LogP) is 4.03. The van der Waals surface area contributed by atoms with Gasteiger partial charge in [-0.3, -0.25) is 9.59 Å². The Morgan fingerprint density at radius 3 is 2.89 bits per heavy atom. The van der Waals surface area contributed by atoms with Gasteiger partial charge < -0.3 is 14.2 Å². The number of nitrogens with zero attached hydrogens (tertiary/aromatic N) is 2. The highest BCUT2D eigenvalue weighted by atomic mass is 35.5. The lowest BCUT2D eigenvalue weighted by atomic mass is 10.0. The highest BCUT2D eigenvalue weighted by Crippen LogP contribution is 2.34. The van der Waals surface area contributed by atoms with E-state index in [2.05, 4.69) is 0 Å². The fourth-order valence-electron chi connectivity index (χ4n) is 4.27. The molecule has 3 heterocycles. The summed E-state index contributed by atoms with van der Waals surface area (Å²) < 4.78 is 7.79. The third-order valence-corrected chi connectivity index (χ3v) is 5.82. The van der Waals surface area contributed by atoms with Crippen LogP contribution in [0.1, 0.15) is 29.3 Å². The molecule has 5 nitrogen and oxygen atoms in total. The monoisotopic (exact) mass is 394 g/mol. The summed E-state index contributed by atoms with van der Waals surface area (Å²) in [6, 6.07) is 11.3. The molecular weight excluding hydrogens is 376 g/mol. The number of aromatic nitrogens is 1. The zero-order valence-electron chi connectivity index (χ0n) is 15.4. The lowest BCUT2D eigenvalue weighted by Crippen LogP contribution is -2.39. The third kappa shape index (κ3) is 2.53. The van der Waals surface area contributed by atoms with Crippen LogP contribution in [-0.4, -0.2) is 23.1 Å². The number of amides is 1. The first-order chi connectivity index (χ1) is 13.5. The first-order valence-corrected chi connectivity index (χ1v) is 9.84. The Bertz CT molecular complexity index is 1180. The van der Waals surface area contributed by atoms with E-state index in [1.165, 1.54) is 0 Å². The number of hydrogen-bond donors (Lipinski definition) is 0. The molecule has 0 aliphatic carbocycles. The standard InChI is InChI=1S/C22H19ClN2O3/c1-13-11-24-12-15(21(26)19-16(23)8-9-18(28-13)20(19)24)22(27)25-10-4-6-14-5-2-3-7-17(14)25/h2-3,5,7-9,12-13H,4,6,10-11H2,1H3. The molecule has 0 N–H and O–H groups in total. The molecule has 5 rings (SSSR count). The van der Waals surface area contributed by atoms with Gasteiger partial charge in [-0.1, -0.05) is 29.8 Å². The summed E-state index contributed by atoms with van der Waals surface area (Å²) in [5.74, 6) is 0.348. The predicted molar refractivity (Wildman–Crippen MR) is 110 cm³/mol. The largest absolute Gasteiger partial charge is 0.487 e. The van der Waals surface area contributed by atoms with Crippen molar-refractivity contribution in [2.24, 2.45) is 0 Å². The number of aryl methyl sites for hydroxylation is 1.